The molecular weight excluding hydrogens is 264 g/mol. The minimum absolute atomic E-state index is 1.00. The standard InChI is InChI=1S/C17H16N2S/c1-13-7-6-10-15(11-13)18-17-19(2)16(12-20-17)14-8-4-3-5-9-14/h3-12H,1-2H3. The molecule has 0 aliphatic carbocycles. The molecule has 0 saturated heterocycles. The maximum Gasteiger partial charge on any atom is 0.190 e. The zero-order valence-electron chi connectivity index (χ0n) is 11.6. The molecule has 2 nitrogen and oxygen atoms in total. The van der Waals surface area contributed by atoms with Gasteiger partial charge >= 0.3 is 0 Å². The summed E-state index contributed by atoms with van der Waals surface area (Å²) in [5.41, 5.74) is 4.65. The van der Waals surface area contributed by atoms with Crippen molar-refractivity contribution in [3.05, 3.63) is 70.3 Å². The van der Waals surface area contributed by atoms with Gasteiger partial charge in [-0.25, -0.2) is 4.99 Å². The summed E-state index contributed by atoms with van der Waals surface area (Å²) in [6.45, 7) is 2.09. The third kappa shape index (κ3) is 2.58. The molecule has 100 valence electrons. The zero-order chi connectivity index (χ0) is 13.9. The van der Waals surface area contributed by atoms with Crippen molar-refractivity contribution in [3.63, 3.8) is 0 Å². The first-order valence-corrected chi connectivity index (χ1v) is 7.43. The Morgan fingerprint density at radius 3 is 2.55 bits per heavy atom. The fraction of sp³-hybridized carbons (Fsp3) is 0.118. The zero-order valence-corrected chi connectivity index (χ0v) is 12.4. The average molecular weight is 280 g/mol. The molecule has 0 atom stereocenters. The van der Waals surface area contributed by atoms with Crippen molar-refractivity contribution in [1.29, 1.82) is 0 Å². The molecule has 0 amide bonds. The van der Waals surface area contributed by atoms with Gasteiger partial charge in [0.2, 0.25) is 0 Å². The van der Waals surface area contributed by atoms with Crippen LogP contribution in [0.25, 0.3) is 11.3 Å². The summed E-state index contributed by atoms with van der Waals surface area (Å²) in [7, 11) is 2.06. The van der Waals surface area contributed by atoms with E-state index in [0.717, 1.165) is 10.5 Å². The fourth-order valence-electron chi connectivity index (χ4n) is 2.15. The van der Waals surface area contributed by atoms with Gasteiger partial charge in [-0.3, -0.25) is 0 Å². The van der Waals surface area contributed by atoms with Gasteiger partial charge in [-0.05, 0) is 30.2 Å². The van der Waals surface area contributed by atoms with E-state index in [-0.39, 0.29) is 0 Å². The maximum atomic E-state index is 4.73. The van der Waals surface area contributed by atoms with E-state index in [1.807, 2.05) is 18.2 Å². The molecule has 0 saturated carbocycles. The average Bonchev–Trinajstić information content (AvgIpc) is 2.81. The monoisotopic (exact) mass is 280 g/mol. The summed E-state index contributed by atoms with van der Waals surface area (Å²) in [5, 5.41) is 2.16. The minimum Gasteiger partial charge on any atom is -0.320 e. The normalized spacial score (nSPS) is 11.8. The molecule has 0 unspecified atom stereocenters. The summed E-state index contributed by atoms with van der Waals surface area (Å²) >= 11 is 1.67. The van der Waals surface area contributed by atoms with Crippen molar-refractivity contribution in [2.45, 2.75) is 6.92 Å². The van der Waals surface area contributed by atoms with Crippen LogP contribution in [0.4, 0.5) is 5.69 Å². The van der Waals surface area contributed by atoms with Crippen LogP contribution in [0.3, 0.4) is 0 Å². The number of benzene rings is 2. The number of nitrogens with zero attached hydrogens (tertiary/aromatic N) is 2. The maximum absolute atomic E-state index is 4.73. The number of thiazole rings is 1. The molecule has 0 N–H and O–H groups in total. The predicted molar refractivity (Wildman–Crippen MR) is 85.1 cm³/mol. The van der Waals surface area contributed by atoms with Crippen molar-refractivity contribution >= 4 is 17.0 Å². The van der Waals surface area contributed by atoms with Gasteiger partial charge < -0.3 is 4.57 Å². The first-order chi connectivity index (χ1) is 9.74. The van der Waals surface area contributed by atoms with Gasteiger partial charge in [0.1, 0.15) is 0 Å². The molecule has 0 aliphatic rings. The Bertz CT molecular complexity index is 782. The molecular formula is C17H16N2S. The van der Waals surface area contributed by atoms with Gasteiger partial charge in [0.05, 0.1) is 11.4 Å². The van der Waals surface area contributed by atoms with Crippen LogP contribution < -0.4 is 4.80 Å². The Hall–Kier alpha value is -2.13. The van der Waals surface area contributed by atoms with Crippen LogP contribution in [0.5, 0.6) is 0 Å². The van der Waals surface area contributed by atoms with Crippen molar-refractivity contribution in [1.82, 2.24) is 4.57 Å². The van der Waals surface area contributed by atoms with E-state index in [0.29, 0.717) is 0 Å². The Morgan fingerprint density at radius 2 is 1.80 bits per heavy atom. The largest absolute Gasteiger partial charge is 0.320 e. The third-order valence-corrected chi connectivity index (χ3v) is 4.14. The Morgan fingerprint density at radius 1 is 1.00 bits per heavy atom. The number of aromatic nitrogens is 1. The molecule has 2 aromatic carbocycles. The smallest absolute Gasteiger partial charge is 0.190 e. The first-order valence-electron chi connectivity index (χ1n) is 6.55. The predicted octanol–water partition coefficient (Wildman–Crippen LogP) is 4.29. The second-order valence-corrected chi connectivity index (χ2v) is 5.62. The van der Waals surface area contributed by atoms with Crippen LogP contribution in [-0.4, -0.2) is 4.57 Å². The topological polar surface area (TPSA) is 17.3 Å². The van der Waals surface area contributed by atoms with Gasteiger partial charge in [0.25, 0.3) is 0 Å². The number of aryl methyl sites for hydroxylation is 1. The lowest BCUT2D eigenvalue weighted by Crippen LogP contribution is -2.10. The lowest BCUT2D eigenvalue weighted by atomic mass is 10.2. The highest BCUT2D eigenvalue weighted by Crippen LogP contribution is 2.19. The van der Waals surface area contributed by atoms with E-state index in [1.165, 1.54) is 16.8 Å². The highest BCUT2D eigenvalue weighted by molar-refractivity contribution is 7.07. The van der Waals surface area contributed by atoms with Crippen LogP contribution >= 0.6 is 11.3 Å². The van der Waals surface area contributed by atoms with E-state index >= 15 is 0 Å². The molecule has 0 aliphatic heterocycles. The van der Waals surface area contributed by atoms with Gasteiger partial charge in [-0.2, -0.15) is 0 Å². The highest BCUT2D eigenvalue weighted by Gasteiger charge is 2.03. The molecule has 3 heteroatoms. The lowest BCUT2D eigenvalue weighted by molar-refractivity contribution is 0.883. The van der Waals surface area contributed by atoms with E-state index in [2.05, 4.69) is 60.3 Å². The molecule has 0 radical (unpaired) electrons. The minimum atomic E-state index is 1.00. The van der Waals surface area contributed by atoms with Crippen molar-refractivity contribution in [2.24, 2.45) is 12.0 Å². The van der Waals surface area contributed by atoms with Crippen LogP contribution in [0, 0.1) is 6.92 Å². The highest BCUT2D eigenvalue weighted by atomic mass is 32.1. The van der Waals surface area contributed by atoms with Gasteiger partial charge in [0.15, 0.2) is 4.80 Å². The summed E-state index contributed by atoms with van der Waals surface area (Å²) < 4.78 is 2.14. The Labute approximate surface area is 122 Å². The molecule has 0 spiro atoms. The molecule has 1 heterocycles. The molecule has 0 bridgehead atoms. The van der Waals surface area contributed by atoms with Gasteiger partial charge in [-0.1, -0.05) is 42.5 Å². The third-order valence-electron chi connectivity index (χ3n) is 3.22. The van der Waals surface area contributed by atoms with Crippen LogP contribution in [0.2, 0.25) is 0 Å². The van der Waals surface area contributed by atoms with Crippen molar-refractivity contribution in [3.8, 4) is 11.3 Å². The van der Waals surface area contributed by atoms with Crippen LogP contribution in [0.1, 0.15) is 5.56 Å². The quantitative estimate of drug-likeness (QED) is 0.666. The summed E-state index contributed by atoms with van der Waals surface area (Å²) in [6, 6.07) is 18.7. The van der Waals surface area contributed by atoms with E-state index in [4.69, 9.17) is 4.99 Å². The van der Waals surface area contributed by atoms with Crippen LogP contribution in [0.15, 0.2) is 65.0 Å². The summed E-state index contributed by atoms with van der Waals surface area (Å²) in [5.74, 6) is 0. The molecule has 3 aromatic rings. The Balaban J connectivity index is 2.07. The summed E-state index contributed by atoms with van der Waals surface area (Å²) in [4.78, 5) is 5.74. The fourth-order valence-corrected chi connectivity index (χ4v) is 3.08. The van der Waals surface area contributed by atoms with Gasteiger partial charge in [0, 0.05) is 12.4 Å². The first kappa shape index (κ1) is 12.9. The van der Waals surface area contributed by atoms with Crippen molar-refractivity contribution in [2.75, 3.05) is 0 Å². The molecule has 0 fully saturated rings. The van der Waals surface area contributed by atoms with E-state index in [9.17, 15) is 0 Å². The van der Waals surface area contributed by atoms with Gasteiger partial charge in [-0.15, -0.1) is 11.3 Å². The van der Waals surface area contributed by atoms with E-state index < -0.39 is 0 Å². The summed E-state index contributed by atoms with van der Waals surface area (Å²) in [6.07, 6.45) is 0. The number of rotatable bonds is 2. The van der Waals surface area contributed by atoms with Crippen molar-refractivity contribution < 1.29 is 0 Å². The second kappa shape index (κ2) is 5.47. The molecule has 3 rings (SSSR count). The number of hydrogen-bond donors (Lipinski definition) is 0. The van der Waals surface area contributed by atoms with Crippen LogP contribution in [-0.2, 0) is 7.05 Å². The molecule has 20 heavy (non-hydrogen) atoms. The second-order valence-electron chi connectivity index (χ2n) is 4.78. The SMILES string of the molecule is Cc1cccc(N=c2scc(-c3ccccc3)n2C)c1. The lowest BCUT2D eigenvalue weighted by Gasteiger charge is -2.02. The van der Waals surface area contributed by atoms with E-state index in [1.54, 1.807) is 11.3 Å². The number of hydrogen-bond acceptors (Lipinski definition) is 2. The molecule has 1 aromatic heterocycles. The Kier molecular flexibility index (Phi) is 3.52.